The Morgan fingerprint density at radius 2 is 2.00 bits per heavy atom. The summed E-state index contributed by atoms with van der Waals surface area (Å²) in [5.41, 5.74) is 0.456. The van der Waals surface area contributed by atoms with Crippen molar-refractivity contribution in [1.29, 1.82) is 0 Å². The summed E-state index contributed by atoms with van der Waals surface area (Å²) in [5.74, 6) is -1.42. The van der Waals surface area contributed by atoms with Gasteiger partial charge in [-0.25, -0.2) is 4.79 Å². The molecule has 1 aliphatic rings. The molecule has 0 fully saturated rings. The lowest BCUT2D eigenvalue weighted by atomic mass is 10.2. The highest BCUT2D eigenvalue weighted by atomic mass is 16.6. The number of ether oxygens (including phenoxy) is 3. The van der Waals surface area contributed by atoms with E-state index in [4.69, 9.17) is 9.47 Å². The fourth-order valence-corrected chi connectivity index (χ4v) is 2.13. The van der Waals surface area contributed by atoms with Gasteiger partial charge in [-0.3, -0.25) is 24.6 Å². The number of esters is 1. The van der Waals surface area contributed by atoms with Gasteiger partial charge in [0.15, 0.2) is 6.61 Å². The molecule has 9 nitrogen and oxygen atoms in total. The molecule has 1 aliphatic heterocycles. The zero-order valence-electron chi connectivity index (χ0n) is 13.6. The number of carbonyl (C=O) groups excluding carboxylic acids is 4. The molecule has 1 heterocycles. The lowest BCUT2D eigenvalue weighted by Crippen LogP contribution is -2.38. The Hall–Kier alpha value is -3.10. The number of benzene rings is 1. The van der Waals surface area contributed by atoms with Gasteiger partial charge in [-0.15, -0.1) is 0 Å². The standard InChI is InChI=1S/C16H18N2O7/c1-2-23-16(22)17-13(19)10-25-15(21)9-18-11-5-3-4-6-12(11)24-8-7-14(18)20/h3-6H,2,7-10H2,1H3,(H,17,19,22). The van der Waals surface area contributed by atoms with E-state index in [0.29, 0.717) is 11.4 Å². The van der Waals surface area contributed by atoms with Crippen LogP contribution in [-0.2, 0) is 23.9 Å². The van der Waals surface area contributed by atoms with Crippen molar-refractivity contribution >= 4 is 29.6 Å². The first-order valence-electron chi connectivity index (χ1n) is 7.65. The largest absolute Gasteiger partial charge is 0.491 e. The Morgan fingerprint density at radius 3 is 2.76 bits per heavy atom. The summed E-state index contributed by atoms with van der Waals surface area (Å²) in [6, 6.07) is 6.81. The summed E-state index contributed by atoms with van der Waals surface area (Å²) >= 11 is 0. The molecule has 3 amide bonds. The Labute approximate surface area is 143 Å². The quantitative estimate of drug-likeness (QED) is 0.775. The third kappa shape index (κ3) is 5.20. The van der Waals surface area contributed by atoms with Gasteiger partial charge >= 0.3 is 12.1 Å². The minimum atomic E-state index is -0.919. The normalized spacial score (nSPS) is 13.2. The van der Waals surface area contributed by atoms with Crippen LogP contribution >= 0.6 is 0 Å². The average molecular weight is 350 g/mol. The van der Waals surface area contributed by atoms with Crippen molar-refractivity contribution in [2.75, 3.05) is 31.3 Å². The van der Waals surface area contributed by atoms with E-state index in [1.54, 1.807) is 31.2 Å². The molecule has 0 radical (unpaired) electrons. The summed E-state index contributed by atoms with van der Waals surface area (Å²) < 4.78 is 14.8. The Balaban J connectivity index is 1.92. The number of amides is 3. The SMILES string of the molecule is CCOC(=O)NC(=O)COC(=O)CN1C(=O)CCOc2ccccc21. The van der Waals surface area contributed by atoms with E-state index in [-0.39, 0.29) is 32.1 Å². The van der Waals surface area contributed by atoms with Crippen LogP contribution in [0.15, 0.2) is 24.3 Å². The maximum atomic E-state index is 12.2. The van der Waals surface area contributed by atoms with Crippen molar-refractivity contribution in [3.63, 3.8) is 0 Å². The van der Waals surface area contributed by atoms with Crippen LogP contribution in [0.3, 0.4) is 0 Å². The number of alkyl carbamates (subject to hydrolysis) is 1. The predicted molar refractivity (Wildman–Crippen MR) is 85.0 cm³/mol. The zero-order valence-corrected chi connectivity index (χ0v) is 13.6. The molecule has 9 heteroatoms. The highest BCUT2D eigenvalue weighted by molar-refractivity contribution is 6.00. The van der Waals surface area contributed by atoms with Crippen LogP contribution in [0.25, 0.3) is 0 Å². The molecule has 0 spiro atoms. The van der Waals surface area contributed by atoms with Crippen molar-refractivity contribution in [2.24, 2.45) is 0 Å². The van der Waals surface area contributed by atoms with Crippen LogP contribution < -0.4 is 15.0 Å². The van der Waals surface area contributed by atoms with Gasteiger partial charge in [0.05, 0.1) is 25.3 Å². The number of para-hydroxylation sites is 2. The molecule has 0 aliphatic carbocycles. The van der Waals surface area contributed by atoms with E-state index in [1.807, 2.05) is 5.32 Å². The van der Waals surface area contributed by atoms with Crippen LogP contribution in [0.2, 0.25) is 0 Å². The number of carbonyl (C=O) groups is 4. The van der Waals surface area contributed by atoms with Gasteiger partial charge in [-0.2, -0.15) is 0 Å². The molecule has 0 bridgehead atoms. The molecule has 0 saturated heterocycles. The Morgan fingerprint density at radius 1 is 1.24 bits per heavy atom. The summed E-state index contributed by atoms with van der Waals surface area (Å²) in [5, 5.41) is 1.90. The van der Waals surface area contributed by atoms with E-state index in [9.17, 15) is 19.2 Å². The number of nitrogens with one attached hydrogen (secondary N) is 1. The van der Waals surface area contributed by atoms with Crippen molar-refractivity contribution in [3.05, 3.63) is 24.3 Å². The van der Waals surface area contributed by atoms with Crippen molar-refractivity contribution in [3.8, 4) is 5.75 Å². The second-order valence-electron chi connectivity index (χ2n) is 4.98. The van der Waals surface area contributed by atoms with Gasteiger partial charge in [0.1, 0.15) is 12.3 Å². The predicted octanol–water partition coefficient (Wildman–Crippen LogP) is 0.618. The van der Waals surface area contributed by atoms with Crippen LogP contribution in [0.4, 0.5) is 10.5 Å². The number of anilines is 1. The van der Waals surface area contributed by atoms with E-state index >= 15 is 0 Å². The van der Waals surface area contributed by atoms with Crippen molar-refractivity contribution in [1.82, 2.24) is 5.32 Å². The molecule has 0 saturated carbocycles. The van der Waals surface area contributed by atoms with Crippen molar-refractivity contribution in [2.45, 2.75) is 13.3 Å². The van der Waals surface area contributed by atoms with E-state index in [1.165, 1.54) is 4.90 Å². The van der Waals surface area contributed by atoms with Gasteiger partial charge in [-0.1, -0.05) is 12.1 Å². The molecule has 1 aromatic rings. The van der Waals surface area contributed by atoms with Gasteiger partial charge in [-0.05, 0) is 19.1 Å². The monoisotopic (exact) mass is 350 g/mol. The second kappa shape index (κ2) is 8.67. The lowest BCUT2D eigenvalue weighted by Gasteiger charge is -2.20. The molecular formula is C16H18N2O7. The fraction of sp³-hybridized carbons (Fsp3) is 0.375. The number of fused-ring (bicyclic) bond motifs is 1. The average Bonchev–Trinajstić information content (AvgIpc) is 2.73. The van der Waals surface area contributed by atoms with Gasteiger partial charge in [0.25, 0.3) is 5.91 Å². The summed E-state index contributed by atoms with van der Waals surface area (Å²) in [4.78, 5) is 47.9. The minimum absolute atomic E-state index is 0.109. The molecule has 0 unspecified atom stereocenters. The van der Waals surface area contributed by atoms with Gasteiger partial charge in [0.2, 0.25) is 5.91 Å². The molecule has 0 aromatic heterocycles. The first-order valence-corrected chi connectivity index (χ1v) is 7.65. The Bertz CT molecular complexity index is 674. The number of imide groups is 1. The maximum Gasteiger partial charge on any atom is 0.413 e. The highest BCUT2D eigenvalue weighted by Crippen LogP contribution is 2.30. The lowest BCUT2D eigenvalue weighted by molar-refractivity contribution is -0.147. The van der Waals surface area contributed by atoms with E-state index < -0.39 is 24.6 Å². The molecule has 25 heavy (non-hydrogen) atoms. The minimum Gasteiger partial charge on any atom is -0.491 e. The summed E-state index contributed by atoms with van der Waals surface area (Å²) in [7, 11) is 0. The van der Waals surface area contributed by atoms with E-state index in [2.05, 4.69) is 4.74 Å². The highest BCUT2D eigenvalue weighted by Gasteiger charge is 2.25. The number of hydrogen-bond donors (Lipinski definition) is 1. The van der Waals surface area contributed by atoms with Crippen LogP contribution in [0.1, 0.15) is 13.3 Å². The van der Waals surface area contributed by atoms with Crippen LogP contribution in [0.5, 0.6) is 5.75 Å². The number of rotatable bonds is 5. The zero-order chi connectivity index (χ0) is 18.2. The third-order valence-corrected chi connectivity index (χ3v) is 3.20. The van der Waals surface area contributed by atoms with Gasteiger partial charge in [0, 0.05) is 0 Å². The second-order valence-corrected chi connectivity index (χ2v) is 4.98. The molecule has 2 rings (SSSR count). The maximum absolute atomic E-state index is 12.2. The summed E-state index contributed by atoms with van der Waals surface area (Å²) in [6.45, 7) is 0.883. The topological polar surface area (TPSA) is 111 Å². The molecular weight excluding hydrogens is 332 g/mol. The first kappa shape index (κ1) is 18.2. The third-order valence-electron chi connectivity index (χ3n) is 3.20. The summed E-state index contributed by atoms with van der Waals surface area (Å²) in [6.07, 6.45) is -0.803. The molecule has 1 aromatic carbocycles. The first-order chi connectivity index (χ1) is 12.0. The number of hydrogen-bond acceptors (Lipinski definition) is 7. The number of nitrogens with zero attached hydrogens (tertiary/aromatic N) is 1. The van der Waals surface area contributed by atoms with Crippen LogP contribution in [0, 0.1) is 0 Å². The molecule has 134 valence electrons. The van der Waals surface area contributed by atoms with Crippen LogP contribution in [-0.4, -0.2) is 50.2 Å². The van der Waals surface area contributed by atoms with Crippen molar-refractivity contribution < 1.29 is 33.4 Å². The Kier molecular flexibility index (Phi) is 6.33. The smallest absolute Gasteiger partial charge is 0.413 e. The molecule has 0 atom stereocenters. The van der Waals surface area contributed by atoms with E-state index in [0.717, 1.165) is 0 Å². The van der Waals surface area contributed by atoms with Gasteiger partial charge < -0.3 is 14.2 Å². The fourth-order valence-electron chi connectivity index (χ4n) is 2.13. The molecule has 1 N–H and O–H groups in total.